The minimum absolute atomic E-state index is 0.110. The summed E-state index contributed by atoms with van der Waals surface area (Å²) in [4.78, 5) is 14.3. The molecule has 1 N–H and O–H groups in total. The van der Waals surface area contributed by atoms with Gasteiger partial charge in [0.2, 0.25) is 5.91 Å². The molecule has 1 amide bonds. The molecule has 0 aliphatic carbocycles. The van der Waals surface area contributed by atoms with E-state index in [1.54, 1.807) is 26.3 Å². The predicted molar refractivity (Wildman–Crippen MR) is 79.4 cm³/mol. The summed E-state index contributed by atoms with van der Waals surface area (Å²) in [6.45, 7) is 1.29. The summed E-state index contributed by atoms with van der Waals surface area (Å²) >= 11 is 0. The molecule has 6 heteroatoms. The van der Waals surface area contributed by atoms with Gasteiger partial charge in [-0.15, -0.1) is 0 Å². The number of benzene rings is 1. The third kappa shape index (κ3) is 2.96. The second-order valence-electron chi connectivity index (χ2n) is 5.49. The van der Waals surface area contributed by atoms with E-state index in [2.05, 4.69) is 5.32 Å². The first-order chi connectivity index (χ1) is 10.6. The Morgan fingerprint density at radius 2 is 2.36 bits per heavy atom. The number of nitrogens with zero attached hydrogens (tertiary/aromatic N) is 2. The zero-order chi connectivity index (χ0) is 16.2. The molecule has 1 atom stereocenters. The highest BCUT2D eigenvalue weighted by Crippen LogP contribution is 2.32. The summed E-state index contributed by atoms with van der Waals surface area (Å²) in [6, 6.07) is 6.33. The number of methoxy groups -OCH3 is 1. The Hall–Kier alpha value is -1.97. The maximum Gasteiger partial charge on any atom is 0.242 e. The fourth-order valence-corrected chi connectivity index (χ4v) is 3.07. The van der Waals surface area contributed by atoms with Crippen LogP contribution in [0.3, 0.4) is 0 Å². The average Bonchev–Trinajstić information content (AvgIpc) is 2.92. The molecule has 1 unspecified atom stereocenters. The molecule has 1 aromatic rings. The molecule has 1 aromatic carbocycles. The van der Waals surface area contributed by atoms with Gasteiger partial charge in [0.1, 0.15) is 11.4 Å². The van der Waals surface area contributed by atoms with Crippen molar-refractivity contribution >= 4 is 5.91 Å². The number of hydrogen-bond donors (Lipinski definition) is 1. The van der Waals surface area contributed by atoms with Crippen LogP contribution in [-0.4, -0.2) is 43.7 Å². The molecule has 0 radical (unpaired) electrons. The number of amides is 1. The van der Waals surface area contributed by atoms with Crippen molar-refractivity contribution in [2.45, 2.75) is 24.9 Å². The van der Waals surface area contributed by atoms with E-state index < -0.39 is 11.4 Å². The lowest BCUT2D eigenvalue weighted by Crippen LogP contribution is -2.57. The Balaban J connectivity index is 2.27. The van der Waals surface area contributed by atoms with E-state index >= 15 is 0 Å². The molecule has 1 aliphatic heterocycles. The summed E-state index contributed by atoms with van der Waals surface area (Å²) in [5.41, 5.74) is 0.00604. The van der Waals surface area contributed by atoms with Gasteiger partial charge in [0, 0.05) is 26.3 Å². The monoisotopic (exact) mass is 305 g/mol. The van der Waals surface area contributed by atoms with Crippen LogP contribution in [-0.2, 0) is 16.1 Å². The maximum atomic E-state index is 14.1. The van der Waals surface area contributed by atoms with Gasteiger partial charge in [-0.05, 0) is 31.5 Å². The number of ether oxygens (including phenoxy) is 1. The third-order valence-corrected chi connectivity index (χ3v) is 4.20. The van der Waals surface area contributed by atoms with Gasteiger partial charge >= 0.3 is 0 Å². The van der Waals surface area contributed by atoms with Crippen molar-refractivity contribution in [2.24, 2.45) is 0 Å². The first-order valence-corrected chi connectivity index (χ1v) is 7.22. The lowest BCUT2D eigenvalue weighted by atomic mass is 9.95. The van der Waals surface area contributed by atoms with Gasteiger partial charge in [0.05, 0.1) is 18.2 Å². The van der Waals surface area contributed by atoms with Crippen molar-refractivity contribution in [2.75, 3.05) is 27.3 Å². The van der Waals surface area contributed by atoms with E-state index in [1.165, 1.54) is 6.07 Å². The second-order valence-corrected chi connectivity index (χ2v) is 5.49. The van der Waals surface area contributed by atoms with E-state index in [4.69, 9.17) is 10.00 Å². The van der Waals surface area contributed by atoms with E-state index in [0.29, 0.717) is 25.1 Å². The van der Waals surface area contributed by atoms with Gasteiger partial charge < -0.3 is 10.1 Å². The number of likely N-dealkylation sites (tertiary alicyclic amines) is 1. The fourth-order valence-electron chi connectivity index (χ4n) is 3.07. The number of nitriles is 1. The number of halogens is 1. The topological polar surface area (TPSA) is 65.4 Å². The molecule has 0 spiro atoms. The SMILES string of the molecule is CNC(=O)C1(COC)CCCN1Cc1ccc(C#N)cc1F. The number of carbonyl (C=O) groups is 1. The van der Waals surface area contributed by atoms with Gasteiger partial charge in [-0.3, -0.25) is 9.69 Å². The molecule has 2 rings (SSSR count). The van der Waals surface area contributed by atoms with Crippen LogP contribution in [0.1, 0.15) is 24.0 Å². The molecule has 1 aliphatic rings. The third-order valence-electron chi connectivity index (χ3n) is 4.20. The fraction of sp³-hybridized carbons (Fsp3) is 0.500. The number of carbonyl (C=O) groups excluding carboxylic acids is 1. The van der Waals surface area contributed by atoms with Gasteiger partial charge in [-0.25, -0.2) is 4.39 Å². The molecule has 0 bridgehead atoms. The average molecular weight is 305 g/mol. The Labute approximate surface area is 129 Å². The Bertz CT molecular complexity index is 600. The molecule has 0 aromatic heterocycles. The molecule has 118 valence electrons. The minimum atomic E-state index is -0.760. The summed E-state index contributed by atoms with van der Waals surface area (Å²) in [5, 5.41) is 11.5. The van der Waals surface area contributed by atoms with Crippen LogP contribution >= 0.6 is 0 Å². The molecule has 1 saturated heterocycles. The predicted octanol–water partition coefficient (Wildman–Crippen LogP) is 1.42. The van der Waals surface area contributed by atoms with E-state index in [1.807, 2.05) is 11.0 Å². The van der Waals surface area contributed by atoms with E-state index in [9.17, 15) is 9.18 Å². The standard InChI is InChI=1S/C16H20FN3O2/c1-19-15(21)16(11-22-2)6-3-7-20(16)10-13-5-4-12(9-18)8-14(13)17/h4-5,8H,3,6-7,10-11H2,1-2H3,(H,19,21). The van der Waals surface area contributed by atoms with Crippen molar-refractivity contribution in [1.82, 2.24) is 10.2 Å². The van der Waals surface area contributed by atoms with Crippen molar-refractivity contribution in [1.29, 1.82) is 5.26 Å². The lowest BCUT2D eigenvalue weighted by molar-refractivity contribution is -0.135. The van der Waals surface area contributed by atoms with Crippen LogP contribution in [0.2, 0.25) is 0 Å². The van der Waals surface area contributed by atoms with Gasteiger partial charge in [-0.1, -0.05) is 6.07 Å². The first-order valence-electron chi connectivity index (χ1n) is 7.22. The minimum Gasteiger partial charge on any atom is -0.382 e. The molecular formula is C16H20FN3O2. The Kier molecular flexibility index (Phi) is 5.11. The zero-order valence-corrected chi connectivity index (χ0v) is 12.9. The molecule has 1 fully saturated rings. The summed E-state index contributed by atoms with van der Waals surface area (Å²) in [6.07, 6.45) is 1.53. The van der Waals surface area contributed by atoms with Crippen LogP contribution in [0.5, 0.6) is 0 Å². The van der Waals surface area contributed by atoms with Crippen LogP contribution in [0.25, 0.3) is 0 Å². The Morgan fingerprint density at radius 3 is 2.95 bits per heavy atom. The molecule has 0 saturated carbocycles. The summed E-state index contributed by atoms with van der Waals surface area (Å²) in [7, 11) is 3.15. The van der Waals surface area contributed by atoms with E-state index in [0.717, 1.165) is 6.42 Å². The van der Waals surface area contributed by atoms with Crippen LogP contribution in [0.4, 0.5) is 4.39 Å². The van der Waals surface area contributed by atoms with Crippen molar-refractivity contribution < 1.29 is 13.9 Å². The molecule has 1 heterocycles. The quantitative estimate of drug-likeness (QED) is 0.893. The van der Waals surface area contributed by atoms with Crippen LogP contribution in [0, 0.1) is 17.1 Å². The number of rotatable bonds is 5. The second kappa shape index (κ2) is 6.86. The van der Waals surface area contributed by atoms with E-state index in [-0.39, 0.29) is 18.1 Å². The van der Waals surface area contributed by atoms with Crippen molar-refractivity contribution in [3.05, 3.63) is 35.1 Å². The first kappa shape index (κ1) is 16.4. The zero-order valence-electron chi connectivity index (χ0n) is 12.9. The molecular weight excluding hydrogens is 285 g/mol. The highest BCUT2D eigenvalue weighted by Gasteiger charge is 2.47. The van der Waals surface area contributed by atoms with Crippen LogP contribution in [0.15, 0.2) is 18.2 Å². The summed E-state index contributed by atoms with van der Waals surface area (Å²) in [5.74, 6) is -0.532. The van der Waals surface area contributed by atoms with Crippen molar-refractivity contribution in [3.8, 4) is 6.07 Å². The lowest BCUT2D eigenvalue weighted by Gasteiger charge is -2.36. The number of nitrogens with one attached hydrogen (secondary N) is 1. The van der Waals surface area contributed by atoms with Gasteiger partial charge in [0.15, 0.2) is 0 Å². The van der Waals surface area contributed by atoms with Crippen LogP contribution < -0.4 is 5.32 Å². The highest BCUT2D eigenvalue weighted by molar-refractivity contribution is 5.86. The largest absolute Gasteiger partial charge is 0.382 e. The van der Waals surface area contributed by atoms with Crippen molar-refractivity contribution in [3.63, 3.8) is 0 Å². The maximum absolute atomic E-state index is 14.1. The van der Waals surface area contributed by atoms with Gasteiger partial charge in [-0.2, -0.15) is 5.26 Å². The van der Waals surface area contributed by atoms with Gasteiger partial charge in [0.25, 0.3) is 0 Å². The normalized spacial score (nSPS) is 21.5. The Morgan fingerprint density at radius 1 is 1.59 bits per heavy atom. The summed E-state index contributed by atoms with van der Waals surface area (Å²) < 4.78 is 19.3. The smallest absolute Gasteiger partial charge is 0.242 e. The highest BCUT2D eigenvalue weighted by atomic mass is 19.1. The number of hydrogen-bond acceptors (Lipinski definition) is 4. The molecule has 5 nitrogen and oxygen atoms in total. The number of likely N-dealkylation sites (N-methyl/N-ethyl adjacent to an activating group) is 1. The molecule has 22 heavy (non-hydrogen) atoms.